The number of nitrogens with zero attached hydrogens (tertiary/aromatic N) is 4. The first-order valence-electron chi connectivity index (χ1n) is 6.24. The van der Waals surface area contributed by atoms with Crippen molar-refractivity contribution >= 4 is 15.8 Å². The van der Waals surface area contributed by atoms with Crippen LogP contribution in [-0.2, 0) is 23.6 Å². The molecule has 2 heterocycles. The Bertz CT molecular complexity index is 558. The van der Waals surface area contributed by atoms with Gasteiger partial charge in [0.15, 0.2) is 0 Å². The molecule has 1 aliphatic heterocycles. The van der Waals surface area contributed by atoms with Crippen molar-refractivity contribution in [1.29, 1.82) is 0 Å². The molecule has 108 valence electrons. The average Bonchev–Trinajstić information content (AvgIpc) is 2.56. The molecule has 2 rings (SSSR count). The minimum absolute atomic E-state index is 0.540. The number of piperazine rings is 1. The smallest absolute Gasteiger partial charge is 0.211 e. The van der Waals surface area contributed by atoms with Crippen LogP contribution >= 0.6 is 0 Å². The Balaban J connectivity index is 2.00. The number of aromatic nitrogens is 2. The van der Waals surface area contributed by atoms with E-state index in [1.807, 2.05) is 14.0 Å². The molecular formula is C11H21N5O2S. The molecule has 2 N–H and O–H groups in total. The summed E-state index contributed by atoms with van der Waals surface area (Å²) in [7, 11) is -1.24. The first kappa shape index (κ1) is 14.3. The SMILES string of the molecule is Cc1nn(C)c(N)c1CN1CCN(S(C)(=O)=O)CC1. The highest BCUT2D eigenvalue weighted by Gasteiger charge is 2.24. The van der Waals surface area contributed by atoms with E-state index in [2.05, 4.69) is 10.00 Å². The molecule has 0 spiro atoms. The summed E-state index contributed by atoms with van der Waals surface area (Å²) in [5, 5.41) is 4.29. The number of aryl methyl sites for hydroxylation is 2. The van der Waals surface area contributed by atoms with Crippen LogP contribution < -0.4 is 5.73 Å². The molecule has 0 radical (unpaired) electrons. The lowest BCUT2D eigenvalue weighted by Gasteiger charge is -2.33. The summed E-state index contributed by atoms with van der Waals surface area (Å²) >= 11 is 0. The molecule has 0 aliphatic carbocycles. The third kappa shape index (κ3) is 3.07. The summed E-state index contributed by atoms with van der Waals surface area (Å²) in [4.78, 5) is 2.21. The Morgan fingerprint density at radius 3 is 2.26 bits per heavy atom. The van der Waals surface area contributed by atoms with Gasteiger partial charge in [-0.05, 0) is 6.92 Å². The number of sulfonamides is 1. The molecule has 1 saturated heterocycles. The van der Waals surface area contributed by atoms with Gasteiger partial charge in [-0.1, -0.05) is 0 Å². The second-order valence-corrected chi connectivity index (χ2v) is 6.99. The van der Waals surface area contributed by atoms with Gasteiger partial charge in [-0.25, -0.2) is 8.42 Å². The molecule has 0 aromatic carbocycles. The summed E-state index contributed by atoms with van der Waals surface area (Å²) in [6.45, 7) is 5.19. The minimum Gasteiger partial charge on any atom is -0.384 e. The van der Waals surface area contributed by atoms with Gasteiger partial charge >= 0.3 is 0 Å². The van der Waals surface area contributed by atoms with E-state index in [-0.39, 0.29) is 0 Å². The highest BCUT2D eigenvalue weighted by atomic mass is 32.2. The molecule has 0 saturated carbocycles. The first-order chi connectivity index (χ1) is 8.79. The molecule has 1 fully saturated rings. The lowest BCUT2D eigenvalue weighted by Crippen LogP contribution is -2.47. The van der Waals surface area contributed by atoms with Gasteiger partial charge in [0, 0.05) is 45.3 Å². The van der Waals surface area contributed by atoms with Crippen LogP contribution in [0.5, 0.6) is 0 Å². The highest BCUT2D eigenvalue weighted by molar-refractivity contribution is 7.88. The van der Waals surface area contributed by atoms with E-state index in [1.54, 1.807) is 4.68 Å². The van der Waals surface area contributed by atoms with E-state index < -0.39 is 10.0 Å². The molecule has 0 atom stereocenters. The van der Waals surface area contributed by atoms with Crippen molar-refractivity contribution in [3.8, 4) is 0 Å². The number of rotatable bonds is 3. The molecule has 7 nitrogen and oxygen atoms in total. The Labute approximate surface area is 114 Å². The lowest BCUT2D eigenvalue weighted by molar-refractivity contribution is 0.182. The number of hydrogen-bond donors (Lipinski definition) is 1. The molecular weight excluding hydrogens is 266 g/mol. The van der Waals surface area contributed by atoms with Crippen molar-refractivity contribution in [2.45, 2.75) is 13.5 Å². The molecule has 19 heavy (non-hydrogen) atoms. The van der Waals surface area contributed by atoms with Gasteiger partial charge in [0.05, 0.1) is 11.9 Å². The molecule has 1 aromatic heterocycles. The van der Waals surface area contributed by atoms with Crippen LogP contribution in [0.4, 0.5) is 5.82 Å². The third-order valence-corrected chi connectivity index (χ3v) is 4.88. The zero-order valence-electron chi connectivity index (χ0n) is 11.6. The summed E-state index contributed by atoms with van der Waals surface area (Å²) in [5.41, 5.74) is 7.96. The minimum atomic E-state index is -3.07. The maximum atomic E-state index is 11.4. The van der Waals surface area contributed by atoms with Crippen LogP contribution in [0.3, 0.4) is 0 Å². The van der Waals surface area contributed by atoms with Crippen molar-refractivity contribution in [3.63, 3.8) is 0 Å². The average molecular weight is 287 g/mol. The third-order valence-electron chi connectivity index (χ3n) is 3.58. The standard InChI is InChI=1S/C11H21N5O2S/c1-9-10(11(12)14(2)13-9)8-15-4-6-16(7-5-15)19(3,17)18/h4-8,12H2,1-3H3. The molecule has 0 bridgehead atoms. The largest absolute Gasteiger partial charge is 0.384 e. The van der Waals surface area contributed by atoms with Crippen molar-refractivity contribution in [1.82, 2.24) is 19.0 Å². The molecule has 0 amide bonds. The fraction of sp³-hybridized carbons (Fsp3) is 0.727. The van der Waals surface area contributed by atoms with Crippen LogP contribution in [0, 0.1) is 6.92 Å². The maximum Gasteiger partial charge on any atom is 0.211 e. The van der Waals surface area contributed by atoms with Crippen molar-refractivity contribution in [2.24, 2.45) is 7.05 Å². The zero-order chi connectivity index (χ0) is 14.2. The molecule has 1 aliphatic rings. The summed E-state index contributed by atoms with van der Waals surface area (Å²) in [6, 6.07) is 0. The Hall–Kier alpha value is -1.12. The van der Waals surface area contributed by atoms with Crippen LogP contribution in [0.15, 0.2) is 0 Å². The van der Waals surface area contributed by atoms with E-state index in [4.69, 9.17) is 5.73 Å². The van der Waals surface area contributed by atoms with Crippen LogP contribution in [0.25, 0.3) is 0 Å². The predicted octanol–water partition coefficient (Wildman–Crippen LogP) is -0.612. The fourth-order valence-corrected chi connectivity index (χ4v) is 3.18. The summed E-state index contributed by atoms with van der Waals surface area (Å²) in [5.74, 6) is 0.683. The van der Waals surface area contributed by atoms with Gasteiger partial charge in [-0.3, -0.25) is 9.58 Å². The van der Waals surface area contributed by atoms with E-state index in [9.17, 15) is 8.42 Å². The number of hydrogen-bond acceptors (Lipinski definition) is 5. The molecule has 8 heteroatoms. The topological polar surface area (TPSA) is 84.5 Å². The van der Waals surface area contributed by atoms with Crippen LogP contribution in [0.1, 0.15) is 11.3 Å². The van der Waals surface area contributed by atoms with Gasteiger partial charge < -0.3 is 5.73 Å². The maximum absolute atomic E-state index is 11.4. The quantitative estimate of drug-likeness (QED) is 0.801. The van der Waals surface area contributed by atoms with Gasteiger partial charge in [0.1, 0.15) is 5.82 Å². The zero-order valence-corrected chi connectivity index (χ0v) is 12.4. The van der Waals surface area contributed by atoms with E-state index in [1.165, 1.54) is 10.6 Å². The van der Waals surface area contributed by atoms with Crippen molar-refractivity contribution in [3.05, 3.63) is 11.3 Å². The summed E-state index contributed by atoms with van der Waals surface area (Å²) < 4.78 is 26.1. The second-order valence-electron chi connectivity index (χ2n) is 5.01. The van der Waals surface area contributed by atoms with E-state index in [0.717, 1.165) is 30.9 Å². The Morgan fingerprint density at radius 1 is 1.26 bits per heavy atom. The van der Waals surface area contributed by atoms with Crippen molar-refractivity contribution in [2.75, 3.05) is 38.2 Å². The first-order valence-corrected chi connectivity index (χ1v) is 8.09. The van der Waals surface area contributed by atoms with E-state index in [0.29, 0.717) is 18.9 Å². The Morgan fingerprint density at radius 2 is 1.84 bits per heavy atom. The molecule has 1 aromatic rings. The van der Waals surface area contributed by atoms with Gasteiger partial charge in [0.2, 0.25) is 10.0 Å². The van der Waals surface area contributed by atoms with Gasteiger partial charge in [0.25, 0.3) is 0 Å². The monoisotopic (exact) mass is 287 g/mol. The van der Waals surface area contributed by atoms with Gasteiger partial charge in [-0.2, -0.15) is 9.40 Å². The number of anilines is 1. The van der Waals surface area contributed by atoms with Crippen molar-refractivity contribution < 1.29 is 8.42 Å². The number of nitrogens with two attached hydrogens (primary N) is 1. The van der Waals surface area contributed by atoms with Crippen LogP contribution in [-0.4, -0.2) is 59.8 Å². The fourth-order valence-electron chi connectivity index (χ4n) is 2.36. The normalized spacial score (nSPS) is 18.9. The van der Waals surface area contributed by atoms with Gasteiger partial charge in [-0.15, -0.1) is 0 Å². The number of nitrogen functional groups attached to an aromatic ring is 1. The highest BCUT2D eigenvalue weighted by Crippen LogP contribution is 2.18. The van der Waals surface area contributed by atoms with Crippen LogP contribution in [0.2, 0.25) is 0 Å². The Kier molecular flexibility index (Phi) is 3.84. The van der Waals surface area contributed by atoms with E-state index >= 15 is 0 Å². The summed E-state index contributed by atoms with van der Waals surface area (Å²) in [6.07, 6.45) is 1.26. The second kappa shape index (κ2) is 5.10. The molecule has 0 unspecified atom stereocenters. The lowest BCUT2D eigenvalue weighted by atomic mass is 10.2. The predicted molar refractivity (Wildman–Crippen MR) is 74.1 cm³/mol.